The third kappa shape index (κ3) is 3.83. The van der Waals surface area contributed by atoms with E-state index in [0.29, 0.717) is 0 Å². The maximum absolute atomic E-state index is 11.0. The Morgan fingerprint density at radius 2 is 2.12 bits per heavy atom. The van der Waals surface area contributed by atoms with Crippen molar-refractivity contribution >= 4 is 6.29 Å². The molecular formula is C16H26O. The van der Waals surface area contributed by atoms with Crippen molar-refractivity contribution in [1.29, 1.82) is 0 Å². The Bertz CT molecular complexity index is 309. The standard InChI is InChI=1S/C16H26O/c1-5-6-7-8-9-15-10-14(12-17)13(2)11-16(15,3)4/h10,12,14H,2,5-9,11H2,1,3-4H3. The van der Waals surface area contributed by atoms with Crippen LogP contribution in [0.4, 0.5) is 0 Å². The van der Waals surface area contributed by atoms with Gasteiger partial charge in [0.1, 0.15) is 6.29 Å². The average molecular weight is 234 g/mol. The van der Waals surface area contributed by atoms with Gasteiger partial charge in [-0.1, -0.05) is 63.8 Å². The highest BCUT2D eigenvalue weighted by Crippen LogP contribution is 2.42. The second-order valence-electron chi connectivity index (χ2n) is 5.88. The van der Waals surface area contributed by atoms with Gasteiger partial charge in [0, 0.05) is 0 Å². The van der Waals surface area contributed by atoms with Gasteiger partial charge in [0.15, 0.2) is 0 Å². The first-order chi connectivity index (χ1) is 8.01. The fourth-order valence-electron chi connectivity index (χ4n) is 2.66. The van der Waals surface area contributed by atoms with Crippen molar-refractivity contribution < 1.29 is 4.79 Å². The van der Waals surface area contributed by atoms with Crippen LogP contribution in [0.3, 0.4) is 0 Å². The Morgan fingerprint density at radius 3 is 2.71 bits per heavy atom. The fraction of sp³-hybridized carbons (Fsp3) is 0.688. The summed E-state index contributed by atoms with van der Waals surface area (Å²) in [6.45, 7) is 10.8. The molecular weight excluding hydrogens is 208 g/mol. The summed E-state index contributed by atoms with van der Waals surface area (Å²) >= 11 is 0. The van der Waals surface area contributed by atoms with Crippen molar-refractivity contribution in [2.75, 3.05) is 0 Å². The highest BCUT2D eigenvalue weighted by Gasteiger charge is 2.30. The zero-order valence-electron chi connectivity index (χ0n) is 11.6. The minimum absolute atomic E-state index is 0.0378. The average Bonchev–Trinajstić information content (AvgIpc) is 2.26. The molecule has 0 aromatic carbocycles. The maximum Gasteiger partial charge on any atom is 0.130 e. The quantitative estimate of drug-likeness (QED) is 0.370. The highest BCUT2D eigenvalue weighted by atomic mass is 16.1. The molecule has 0 heterocycles. The number of rotatable bonds is 6. The van der Waals surface area contributed by atoms with Crippen LogP contribution in [-0.4, -0.2) is 6.29 Å². The van der Waals surface area contributed by atoms with Crippen LogP contribution in [0.15, 0.2) is 23.8 Å². The molecule has 1 nitrogen and oxygen atoms in total. The van der Waals surface area contributed by atoms with Gasteiger partial charge in [0.2, 0.25) is 0 Å². The van der Waals surface area contributed by atoms with Crippen molar-refractivity contribution in [2.45, 2.75) is 59.3 Å². The van der Waals surface area contributed by atoms with E-state index in [2.05, 4.69) is 33.4 Å². The van der Waals surface area contributed by atoms with Crippen LogP contribution in [0.5, 0.6) is 0 Å². The number of aldehydes is 1. The molecule has 0 fully saturated rings. The van der Waals surface area contributed by atoms with Crippen LogP contribution in [0.2, 0.25) is 0 Å². The Hall–Kier alpha value is -0.850. The van der Waals surface area contributed by atoms with Crippen LogP contribution in [0, 0.1) is 11.3 Å². The van der Waals surface area contributed by atoms with Gasteiger partial charge in [-0.2, -0.15) is 0 Å². The number of hydrogen-bond acceptors (Lipinski definition) is 1. The first-order valence-electron chi connectivity index (χ1n) is 6.85. The molecule has 0 bridgehead atoms. The van der Waals surface area contributed by atoms with Gasteiger partial charge in [-0.25, -0.2) is 0 Å². The molecule has 17 heavy (non-hydrogen) atoms. The first kappa shape index (κ1) is 14.2. The topological polar surface area (TPSA) is 17.1 Å². The number of unbranched alkanes of at least 4 members (excludes halogenated alkanes) is 3. The predicted molar refractivity (Wildman–Crippen MR) is 73.9 cm³/mol. The SMILES string of the molecule is C=C1CC(C)(C)C(CCCCCC)=CC1C=O. The van der Waals surface area contributed by atoms with E-state index in [1.54, 1.807) is 0 Å². The molecule has 0 N–H and O–H groups in total. The summed E-state index contributed by atoms with van der Waals surface area (Å²) in [5.74, 6) is -0.0378. The van der Waals surface area contributed by atoms with Crippen molar-refractivity contribution in [1.82, 2.24) is 0 Å². The summed E-state index contributed by atoms with van der Waals surface area (Å²) in [6, 6.07) is 0. The maximum atomic E-state index is 11.0. The van der Waals surface area contributed by atoms with E-state index in [9.17, 15) is 4.79 Å². The van der Waals surface area contributed by atoms with Gasteiger partial charge in [-0.15, -0.1) is 0 Å². The van der Waals surface area contributed by atoms with Crippen LogP contribution in [-0.2, 0) is 4.79 Å². The zero-order valence-corrected chi connectivity index (χ0v) is 11.6. The van der Waals surface area contributed by atoms with E-state index in [4.69, 9.17) is 0 Å². The summed E-state index contributed by atoms with van der Waals surface area (Å²) in [5.41, 5.74) is 2.73. The lowest BCUT2D eigenvalue weighted by Crippen LogP contribution is -2.24. The molecule has 0 saturated carbocycles. The molecule has 0 aliphatic heterocycles. The van der Waals surface area contributed by atoms with Gasteiger partial charge < -0.3 is 4.79 Å². The highest BCUT2D eigenvalue weighted by molar-refractivity contribution is 5.63. The second kappa shape index (κ2) is 6.18. The molecule has 1 unspecified atom stereocenters. The molecule has 0 aromatic rings. The summed E-state index contributed by atoms with van der Waals surface area (Å²) in [5, 5.41) is 0. The monoisotopic (exact) mass is 234 g/mol. The number of carbonyl (C=O) groups is 1. The zero-order chi connectivity index (χ0) is 12.9. The molecule has 1 aliphatic carbocycles. The minimum atomic E-state index is -0.0378. The Morgan fingerprint density at radius 1 is 1.41 bits per heavy atom. The molecule has 0 amide bonds. The number of hydrogen-bond donors (Lipinski definition) is 0. The van der Waals surface area contributed by atoms with Crippen molar-refractivity contribution in [3.63, 3.8) is 0 Å². The summed E-state index contributed by atoms with van der Waals surface area (Å²) in [4.78, 5) is 11.0. The van der Waals surface area contributed by atoms with E-state index in [1.807, 2.05) is 0 Å². The van der Waals surface area contributed by atoms with Crippen molar-refractivity contribution in [3.05, 3.63) is 23.8 Å². The van der Waals surface area contributed by atoms with Crippen LogP contribution >= 0.6 is 0 Å². The number of carbonyl (C=O) groups excluding carboxylic acids is 1. The molecule has 0 saturated heterocycles. The molecule has 1 aliphatic rings. The summed E-state index contributed by atoms with van der Waals surface area (Å²) in [6.07, 6.45) is 10.4. The van der Waals surface area contributed by atoms with Gasteiger partial charge in [0.25, 0.3) is 0 Å². The molecule has 96 valence electrons. The summed E-state index contributed by atoms with van der Waals surface area (Å²) < 4.78 is 0. The molecule has 1 atom stereocenters. The molecule has 1 heteroatoms. The van der Waals surface area contributed by atoms with Crippen LogP contribution in [0.25, 0.3) is 0 Å². The molecule has 0 aromatic heterocycles. The van der Waals surface area contributed by atoms with Crippen LogP contribution in [0.1, 0.15) is 59.3 Å². The van der Waals surface area contributed by atoms with E-state index >= 15 is 0 Å². The Kier molecular flexibility index (Phi) is 5.17. The first-order valence-corrected chi connectivity index (χ1v) is 6.85. The van der Waals surface area contributed by atoms with E-state index in [1.165, 1.54) is 31.3 Å². The second-order valence-corrected chi connectivity index (χ2v) is 5.88. The van der Waals surface area contributed by atoms with E-state index in [0.717, 1.165) is 24.7 Å². The Labute approximate surface area is 106 Å². The molecule has 0 spiro atoms. The van der Waals surface area contributed by atoms with Gasteiger partial charge in [0.05, 0.1) is 5.92 Å². The third-order valence-electron chi connectivity index (χ3n) is 3.84. The molecule has 1 rings (SSSR count). The van der Waals surface area contributed by atoms with Gasteiger partial charge in [-0.05, 0) is 24.7 Å². The minimum Gasteiger partial charge on any atom is -0.302 e. The third-order valence-corrected chi connectivity index (χ3v) is 3.84. The largest absolute Gasteiger partial charge is 0.302 e. The van der Waals surface area contributed by atoms with E-state index < -0.39 is 0 Å². The van der Waals surface area contributed by atoms with Crippen molar-refractivity contribution in [3.8, 4) is 0 Å². The summed E-state index contributed by atoms with van der Waals surface area (Å²) in [7, 11) is 0. The lowest BCUT2D eigenvalue weighted by molar-refractivity contribution is -0.109. The Balaban J connectivity index is 2.65. The lowest BCUT2D eigenvalue weighted by atomic mass is 9.69. The smallest absolute Gasteiger partial charge is 0.130 e. The number of allylic oxidation sites excluding steroid dienone is 3. The van der Waals surface area contributed by atoms with Crippen molar-refractivity contribution in [2.24, 2.45) is 11.3 Å². The van der Waals surface area contributed by atoms with E-state index in [-0.39, 0.29) is 11.3 Å². The fourth-order valence-corrected chi connectivity index (χ4v) is 2.66. The predicted octanol–water partition coefficient (Wildman–Crippen LogP) is 4.68. The lowest BCUT2D eigenvalue weighted by Gasteiger charge is -2.35. The normalized spacial score (nSPS) is 23.4. The molecule has 0 radical (unpaired) electrons. The van der Waals surface area contributed by atoms with Gasteiger partial charge >= 0.3 is 0 Å². The van der Waals surface area contributed by atoms with Crippen LogP contribution < -0.4 is 0 Å². The van der Waals surface area contributed by atoms with Gasteiger partial charge in [-0.3, -0.25) is 0 Å².